The average molecular weight is 234 g/mol. The summed E-state index contributed by atoms with van der Waals surface area (Å²) in [6, 6.07) is 15.7. The first kappa shape index (κ1) is 12.1. The lowest BCUT2D eigenvalue weighted by atomic mass is 10.1. The maximum atomic E-state index is 8.71. The van der Waals surface area contributed by atoms with E-state index in [9.17, 15) is 0 Å². The summed E-state index contributed by atoms with van der Waals surface area (Å²) >= 11 is 0. The highest BCUT2D eigenvalue weighted by Gasteiger charge is 1.94. The molecular formula is C16H14N2. The summed E-state index contributed by atoms with van der Waals surface area (Å²) in [5.41, 5.74) is 5.03. The van der Waals surface area contributed by atoms with Gasteiger partial charge >= 0.3 is 0 Å². The highest BCUT2D eigenvalue weighted by atomic mass is 14.7. The molecule has 0 aliphatic rings. The van der Waals surface area contributed by atoms with E-state index >= 15 is 0 Å². The van der Waals surface area contributed by atoms with Gasteiger partial charge < -0.3 is 0 Å². The van der Waals surface area contributed by atoms with Crippen LogP contribution >= 0.6 is 0 Å². The highest BCUT2D eigenvalue weighted by molar-refractivity contribution is 5.82. The summed E-state index contributed by atoms with van der Waals surface area (Å²) in [5, 5.41) is 8.71. The first-order valence-corrected chi connectivity index (χ1v) is 5.80. The number of nitriles is 1. The molecular weight excluding hydrogens is 220 g/mol. The van der Waals surface area contributed by atoms with Crippen molar-refractivity contribution in [1.82, 2.24) is 0 Å². The first-order chi connectivity index (χ1) is 8.67. The molecule has 0 saturated heterocycles. The van der Waals surface area contributed by atoms with E-state index in [0.717, 1.165) is 11.3 Å². The second-order valence-electron chi connectivity index (χ2n) is 4.34. The van der Waals surface area contributed by atoms with Crippen LogP contribution in [0.1, 0.15) is 22.3 Å². The summed E-state index contributed by atoms with van der Waals surface area (Å²) in [5.74, 6) is 0. The molecule has 88 valence electrons. The van der Waals surface area contributed by atoms with E-state index in [0.29, 0.717) is 5.56 Å². The van der Waals surface area contributed by atoms with Crippen LogP contribution in [0.2, 0.25) is 0 Å². The van der Waals surface area contributed by atoms with Crippen molar-refractivity contribution in [2.45, 2.75) is 13.8 Å². The van der Waals surface area contributed by atoms with Gasteiger partial charge in [0.25, 0.3) is 0 Å². The third-order valence-corrected chi connectivity index (χ3v) is 2.61. The standard InChI is InChI=1S/C16H14N2/c1-12-7-13(2)9-16(8-12)18-11-15-5-3-14(10-17)4-6-15/h3-9,11H,1-2H3. The van der Waals surface area contributed by atoms with Gasteiger partial charge in [0.2, 0.25) is 0 Å². The fraction of sp³-hybridized carbons (Fsp3) is 0.125. The molecule has 2 rings (SSSR count). The fourth-order valence-electron chi connectivity index (χ4n) is 1.82. The Bertz CT molecular complexity index is 596. The maximum absolute atomic E-state index is 8.71. The largest absolute Gasteiger partial charge is 0.256 e. The number of aryl methyl sites for hydroxylation is 2. The molecule has 0 amide bonds. The minimum absolute atomic E-state index is 0.665. The van der Waals surface area contributed by atoms with E-state index in [1.54, 1.807) is 12.1 Å². The van der Waals surface area contributed by atoms with Crippen LogP contribution in [0.5, 0.6) is 0 Å². The molecule has 0 heterocycles. The molecule has 0 aliphatic carbocycles. The van der Waals surface area contributed by atoms with Crippen molar-refractivity contribution >= 4 is 11.9 Å². The molecule has 0 spiro atoms. The normalized spacial score (nSPS) is 10.5. The Kier molecular flexibility index (Phi) is 3.54. The van der Waals surface area contributed by atoms with Gasteiger partial charge in [-0.15, -0.1) is 0 Å². The van der Waals surface area contributed by atoms with E-state index in [4.69, 9.17) is 5.26 Å². The zero-order valence-electron chi connectivity index (χ0n) is 10.5. The smallest absolute Gasteiger partial charge is 0.0991 e. The van der Waals surface area contributed by atoms with Gasteiger partial charge in [0.05, 0.1) is 17.3 Å². The molecule has 0 aromatic heterocycles. The Labute approximate surface area is 107 Å². The topological polar surface area (TPSA) is 36.1 Å². The molecule has 2 aromatic rings. The van der Waals surface area contributed by atoms with E-state index in [1.807, 2.05) is 30.5 Å². The zero-order valence-corrected chi connectivity index (χ0v) is 10.5. The number of hydrogen-bond acceptors (Lipinski definition) is 2. The molecule has 2 heteroatoms. The van der Waals surface area contributed by atoms with Crippen molar-refractivity contribution in [3.05, 3.63) is 64.7 Å². The summed E-state index contributed by atoms with van der Waals surface area (Å²) in [7, 11) is 0. The minimum atomic E-state index is 0.665. The Morgan fingerprint density at radius 2 is 1.61 bits per heavy atom. The second-order valence-corrected chi connectivity index (χ2v) is 4.34. The van der Waals surface area contributed by atoms with Crippen molar-refractivity contribution in [2.75, 3.05) is 0 Å². The van der Waals surface area contributed by atoms with E-state index in [2.05, 4.69) is 31.0 Å². The molecule has 2 nitrogen and oxygen atoms in total. The Balaban J connectivity index is 2.21. The van der Waals surface area contributed by atoms with E-state index in [1.165, 1.54) is 11.1 Å². The predicted molar refractivity (Wildman–Crippen MR) is 74.3 cm³/mol. The van der Waals surface area contributed by atoms with Gasteiger partial charge in [0.15, 0.2) is 0 Å². The maximum Gasteiger partial charge on any atom is 0.0991 e. The number of nitrogens with zero attached hydrogens (tertiary/aromatic N) is 2. The molecule has 0 fully saturated rings. The summed E-state index contributed by atoms with van der Waals surface area (Å²) < 4.78 is 0. The second kappa shape index (κ2) is 5.29. The van der Waals surface area contributed by atoms with Crippen molar-refractivity contribution in [2.24, 2.45) is 4.99 Å². The molecule has 18 heavy (non-hydrogen) atoms. The SMILES string of the molecule is Cc1cc(C)cc(N=Cc2ccc(C#N)cc2)c1. The molecule has 0 saturated carbocycles. The van der Waals surface area contributed by atoms with Crippen molar-refractivity contribution in [3.63, 3.8) is 0 Å². The van der Waals surface area contributed by atoms with Crippen LogP contribution in [-0.2, 0) is 0 Å². The van der Waals surface area contributed by atoms with Gasteiger partial charge in [0.1, 0.15) is 0 Å². The lowest BCUT2D eigenvalue weighted by molar-refractivity contribution is 1.36. The van der Waals surface area contributed by atoms with Gasteiger partial charge in [0, 0.05) is 6.21 Å². The van der Waals surface area contributed by atoms with Gasteiger partial charge in [-0.1, -0.05) is 18.2 Å². The molecule has 0 atom stereocenters. The molecule has 0 radical (unpaired) electrons. The lowest BCUT2D eigenvalue weighted by Gasteiger charge is -1.99. The van der Waals surface area contributed by atoms with Gasteiger partial charge in [-0.3, -0.25) is 4.99 Å². The average Bonchev–Trinajstić information content (AvgIpc) is 2.36. The van der Waals surface area contributed by atoms with Crippen molar-refractivity contribution < 1.29 is 0 Å². The minimum Gasteiger partial charge on any atom is -0.256 e. The monoisotopic (exact) mass is 234 g/mol. The third kappa shape index (κ3) is 3.05. The van der Waals surface area contributed by atoms with E-state index < -0.39 is 0 Å². The summed E-state index contributed by atoms with van der Waals surface area (Å²) in [6.45, 7) is 4.13. The number of benzene rings is 2. The van der Waals surface area contributed by atoms with Gasteiger partial charge in [-0.25, -0.2) is 0 Å². The summed E-state index contributed by atoms with van der Waals surface area (Å²) in [6.07, 6.45) is 1.81. The molecule has 2 aromatic carbocycles. The highest BCUT2D eigenvalue weighted by Crippen LogP contribution is 2.16. The summed E-state index contributed by atoms with van der Waals surface area (Å²) in [4.78, 5) is 4.45. The Hall–Kier alpha value is -2.40. The van der Waals surface area contributed by atoms with Gasteiger partial charge in [-0.2, -0.15) is 5.26 Å². The molecule has 0 bridgehead atoms. The lowest BCUT2D eigenvalue weighted by Crippen LogP contribution is -1.82. The number of hydrogen-bond donors (Lipinski definition) is 0. The Morgan fingerprint density at radius 1 is 1.00 bits per heavy atom. The van der Waals surface area contributed by atoms with Crippen LogP contribution in [-0.4, -0.2) is 6.21 Å². The van der Waals surface area contributed by atoms with Crippen LogP contribution in [0.25, 0.3) is 0 Å². The van der Waals surface area contributed by atoms with Crippen LogP contribution in [0.15, 0.2) is 47.5 Å². The van der Waals surface area contributed by atoms with Crippen molar-refractivity contribution in [3.8, 4) is 6.07 Å². The van der Waals surface area contributed by atoms with E-state index in [-0.39, 0.29) is 0 Å². The number of rotatable bonds is 2. The Morgan fingerprint density at radius 3 is 2.17 bits per heavy atom. The fourth-order valence-corrected chi connectivity index (χ4v) is 1.82. The molecule has 0 unspecified atom stereocenters. The van der Waals surface area contributed by atoms with Crippen molar-refractivity contribution in [1.29, 1.82) is 5.26 Å². The zero-order chi connectivity index (χ0) is 13.0. The van der Waals surface area contributed by atoms with Crippen LogP contribution in [0.4, 0.5) is 5.69 Å². The van der Waals surface area contributed by atoms with Gasteiger partial charge in [-0.05, 0) is 54.8 Å². The number of aliphatic imine (C=N–C) groups is 1. The molecule has 0 N–H and O–H groups in total. The quantitative estimate of drug-likeness (QED) is 0.725. The van der Waals surface area contributed by atoms with Crippen LogP contribution in [0, 0.1) is 25.2 Å². The van der Waals surface area contributed by atoms with Crippen LogP contribution < -0.4 is 0 Å². The third-order valence-electron chi connectivity index (χ3n) is 2.61. The van der Waals surface area contributed by atoms with Crippen LogP contribution in [0.3, 0.4) is 0 Å². The first-order valence-electron chi connectivity index (χ1n) is 5.80. The predicted octanol–water partition coefficient (Wildman–Crippen LogP) is 3.93. The molecule has 0 aliphatic heterocycles.